The summed E-state index contributed by atoms with van der Waals surface area (Å²) >= 11 is 0. The zero-order valence-corrected chi connectivity index (χ0v) is 14.2. The van der Waals surface area contributed by atoms with Gasteiger partial charge in [0, 0.05) is 5.41 Å². The van der Waals surface area contributed by atoms with Crippen LogP contribution < -0.4 is 0 Å². The molecule has 1 aliphatic rings. The Morgan fingerprint density at radius 1 is 0.900 bits per heavy atom. The van der Waals surface area contributed by atoms with Gasteiger partial charge in [-0.25, -0.2) is 0 Å². The van der Waals surface area contributed by atoms with Crippen LogP contribution in [0.25, 0.3) is 0 Å². The first-order valence-electron chi connectivity index (χ1n) is 6.97. The molecule has 0 unspecified atom stereocenters. The molecule has 0 bridgehead atoms. The van der Waals surface area contributed by atoms with Gasteiger partial charge in [0.05, 0.1) is 11.6 Å². The average Bonchev–Trinajstić information content (AvgIpc) is 2.37. The van der Waals surface area contributed by atoms with Crippen LogP contribution in [0.4, 0.5) is 0 Å². The number of allylic oxidation sites excluding steroid dienone is 2. The van der Waals surface area contributed by atoms with E-state index in [2.05, 4.69) is 65.8 Å². The normalized spacial score (nSPS) is 16.3. The first-order chi connectivity index (χ1) is 9.18. The summed E-state index contributed by atoms with van der Waals surface area (Å²) in [6.07, 6.45) is 2.02. The molecule has 0 spiro atoms. The Bertz CT molecular complexity index is 540. The third-order valence-electron chi connectivity index (χ3n) is 3.34. The highest BCUT2D eigenvalue weighted by molar-refractivity contribution is 6.22. The molecule has 2 radical (unpaired) electrons. The lowest BCUT2D eigenvalue weighted by Gasteiger charge is -2.21. The highest BCUT2D eigenvalue weighted by Gasteiger charge is 2.32. The van der Waals surface area contributed by atoms with Crippen molar-refractivity contribution in [3.05, 3.63) is 47.2 Å². The lowest BCUT2D eigenvalue weighted by atomic mass is 9.86. The number of ketones is 1. The molecule has 1 heterocycles. The van der Waals surface area contributed by atoms with Gasteiger partial charge in [0.1, 0.15) is 5.76 Å². The van der Waals surface area contributed by atoms with Crippen LogP contribution in [0.3, 0.4) is 0 Å². The van der Waals surface area contributed by atoms with Crippen molar-refractivity contribution >= 4 is 15.8 Å². The average molecular weight is 287 g/mol. The summed E-state index contributed by atoms with van der Waals surface area (Å²) in [5, 5.41) is 0. The van der Waals surface area contributed by atoms with Crippen LogP contribution in [0.5, 0.6) is 0 Å². The predicted octanol–water partition coefficient (Wildman–Crippen LogP) is 4.20. The smallest absolute Gasteiger partial charge is 0.464 e. The molecule has 0 atom stereocenters. The third-order valence-corrected chi connectivity index (χ3v) is 3.95. The molecule has 2 nitrogen and oxygen atoms in total. The highest BCUT2D eigenvalue weighted by atomic mass is 28.2. The molecule has 106 valence electrons. The second kappa shape index (κ2) is 5.21. The van der Waals surface area contributed by atoms with Gasteiger partial charge in [-0.1, -0.05) is 53.7 Å². The van der Waals surface area contributed by atoms with Crippen LogP contribution in [-0.2, 0) is 9.84 Å². The van der Waals surface area contributed by atoms with Gasteiger partial charge in [-0.3, -0.25) is 0 Å². The second-order valence-corrected chi connectivity index (χ2v) is 7.81. The van der Waals surface area contributed by atoms with Gasteiger partial charge in [0.15, 0.2) is 0 Å². The Kier molecular flexibility index (Phi) is 3.92. The third kappa shape index (κ3) is 3.40. The summed E-state index contributed by atoms with van der Waals surface area (Å²) in [6.45, 7) is 13.1. The summed E-state index contributed by atoms with van der Waals surface area (Å²) in [5.41, 5.74) is 2.62. The minimum Gasteiger partial charge on any atom is -0.464 e. The topological polar surface area (TPSA) is 20.5 Å². The van der Waals surface area contributed by atoms with E-state index >= 15 is 0 Å². The van der Waals surface area contributed by atoms with Crippen molar-refractivity contribution in [2.45, 2.75) is 47.0 Å². The minimum absolute atomic E-state index is 0.00732. The van der Waals surface area contributed by atoms with Crippen molar-refractivity contribution in [2.24, 2.45) is 5.41 Å². The molecular formula is C17H23O2Si+. The van der Waals surface area contributed by atoms with Crippen LogP contribution in [-0.4, -0.2) is 15.8 Å². The zero-order valence-electron chi connectivity index (χ0n) is 13.2. The number of benzene rings is 1. The molecule has 2 rings (SSSR count). The number of carbonyl (C=O) groups excluding carboxylic acids is 1. The fourth-order valence-corrected chi connectivity index (χ4v) is 2.70. The predicted molar refractivity (Wildman–Crippen MR) is 83.8 cm³/mol. The van der Waals surface area contributed by atoms with E-state index < -0.39 is 0 Å². The molecule has 20 heavy (non-hydrogen) atoms. The molecule has 1 aromatic rings. The maximum atomic E-state index is 5.66. The van der Waals surface area contributed by atoms with Crippen LogP contribution in [0.1, 0.15) is 56.8 Å². The largest absolute Gasteiger partial charge is 1.02 e. The summed E-state index contributed by atoms with van der Waals surface area (Å²) in [7, 11) is 0.0424. The zero-order chi connectivity index (χ0) is 15.0. The number of hydrogen-bond donors (Lipinski definition) is 0. The number of hydrogen-bond acceptors (Lipinski definition) is 1. The maximum Gasteiger partial charge on any atom is 1.02 e. The quantitative estimate of drug-likeness (QED) is 0.560. The van der Waals surface area contributed by atoms with Crippen LogP contribution >= 0.6 is 0 Å². The Hall–Kier alpha value is -1.35. The van der Waals surface area contributed by atoms with Gasteiger partial charge < -0.3 is 8.54 Å². The Morgan fingerprint density at radius 2 is 1.50 bits per heavy atom. The molecule has 1 aromatic carbocycles. The maximum absolute atomic E-state index is 5.66. The molecule has 0 amide bonds. The Balaban J connectivity index is 2.29. The summed E-state index contributed by atoms with van der Waals surface area (Å²) < 4.78 is 11.3. The Labute approximate surface area is 124 Å². The molecule has 0 fully saturated rings. The second-order valence-electron chi connectivity index (χ2n) is 7.24. The van der Waals surface area contributed by atoms with Crippen molar-refractivity contribution in [1.29, 1.82) is 0 Å². The molecule has 0 saturated carbocycles. The van der Waals surface area contributed by atoms with Gasteiger partial charge in [-0.2, -0.15) is 0 Å². The van der Waals surface area contributed by atoms with Gasteiger partial charge in [-0.05, 0) is 23.1 Å². The van der Waals surface area contributed by atoms with Crippen molar-refractivity contribution in [1.82, 2.24) is 0 Å². The Morgan fingerprint density at radius 3 is 2.00 bits per heavy atom. The van der Waals surface area contributed by atoms with Gasteiger partial charge >= 0.3 is 15.8 Å². The van der Waals surface area contributed by atoms with E-state index in [1.54, 1.807) is 0 Å². The van der Waals surface area contributed by atoms with Gasteiger partial charge in [0.2, 0.25) is 0 Å². The minimum atomic E-state index is 0.00732. The van der Waals surface area contributed by atoms with Crippen LogP contribution in [0.15, 0.2) is 36.1 Å². The lowest BCUT2D eigenvalue weighted by Crippen LogP contribution is -2.20. The molecule has 0 N–H and O–H groups in total. The van der Waals surface area contributed by atoms with E-state index in [1.807, 2.05) is 6.08 Å². The van der Waals surface area contributed by atoms with Crippen LogP contribution in [0.2, 0.25) is 0 Å². The summed E-state index contributed by atoms with van der Waals surface area (Å²) in [6, 6.07) is 8.61. The highest BCUT2D eigenvalue weighted by Crippen LogP contribution is 2.28. The van der Waals surface area contributed by atoms with E-state index in [1.165, 1.54) is 5.56 Å². The van der Waals surface area contributed by atoms with Crippen molar-refractivity contribution < 1.29 is 8.54 Å². The SMILES string of the molecule is CC(C)(C)C1=CC(c2ccc(C(C)(C)C)cc2)=[O+][Si]O1. The first kappa shape index (κ1) is 15.0. The summed E-state index contributed by atoms with van der Waals surface area (Å²) in [5.74, 6) is 1.89. The monoisotopic (exact) mass is 287 g/mol. The standard InChI is InChI=1S/C17H23O2Si/c1-16(2,3)13-9-7-12(8-10-13)14-11-15(17(4,5)6)19-20-18-14/h7-11H,1-6H3/q+1. The summed E-state index contributed by atoms with van der Waals surface area (Å²) in [4.78, 5) is 0. The van der Waals surface area contributed by atoms with Crippen molar-refractivity contribution in [2.75, 3.05) is 0 Å². The fourth-order valence-electron chi connectivity index (χ4n) is 1.93. The molecule has 0 saturated heterocycles. The fraction of sp³-hybridized carbons (Fsp3) is 0.471. The van der Waals surface area contributed by atoms with Crippen molar-refractivity contribution in [3.63, 3.8) is 0 Å². The van der Waals surface area contributed by atoms with E-state index in [4.69, 9.17) is 8.54 Å². The molecule has 0 aliphatic carbocycles. The van der Waals surface area contributed by atoms with Gasteiger partial charge in [0.25, 0.3) is 0 Å². The number of rotatable bonds is 1. The van der Waals surface area contributed by atoms with E-state index in [9.17, 15) is 0 Å². The van der Waals surface area contributed by atoms with Gasteiger partial charge in [-0.15, -0.1) is 0 Å². The molecule has 3 heteroatoms. The van der Waals surface area contributed by atoms with E-state index in [0.29, 0.717) is 0 Å². The van der Waals surface area contributed by atoms with Crippen LogP contribution in [0, 0.1) is 5.41 Å². The molecule has 1 aliphatic heterocycles. The first-order valence-corrected chi connectivity index (χ1v) is 7.78. The van der Waals surface area contributed by atoms with Crippen molar-refractivity contribution in [3.8, 4) is 0 Å². The van der Waals surface area contributed by atoms with E-state index in [-0.39, 0.29) is 20.8 Å². The molecular weight excluding hydrogens is 264 g/mol. The van der Waals surface area contributed by atoms with E-state index in [0.717, 1.165) is 17.1 Å². The molecule has 0 aromatic heterocycles. The lowest BCUT2D eigenvalue weighted by molar-refractivity contribution is -0.109.